The van der Waals surface area contributed by atoms with E-state index in [4.69, 9.17) is 0 Å². The smallest absolute Gasteiger partial charge is 0.406 e. The Labute approximate surface area is 170 Å². The van der Waals surface area contributed by atoms with Crippen LogP contribution in [0.4, 0.5) is 18.9 Å². The maximum Gasteiger partial charge on any atom is 0.573 e. The van der Waals surface area contributed by atoms with Crippen LogP contribution in [-0.4, -0.2) is 23.8 Å². The first-order valence-corrected chi connectivity index (χ1v) is 9.65. The summed E-state index contributed by atoms with van der Waals surface area (Å²) in [7, 11) is 0. The molecule has 0 spiro atoms. The molecule has 0 fully saturated rings. The van der Waals surface area contributed by atoms with Crippen molar-refractivity contribution in [3.63, 3.8) is 0 Å². The molecule has 4 nitrogen and oxygen atoms in total. The molecule has 7 heteroatoms. The van der Waals surface area contributed by atoms with E-state index in [1.807, 2.05) is 11.0 Å². The molecular weight excluding hydrogens is 393 g/mol. The van der Waals surface area contributed by atoms with Gasteiger partial charge in [0.1, 0.15) is 5.75 Å². The Kier molecular flexibility index (Phi) is 4.27. The Morgan fingerprint density at radius 1 is 0.867 bits per heavy atom. The lowest BCUT2D eigenvalue weighted by atomic mass is 9.93. The van der Waals surface area contributed by atoms with E-state index in [1.54, 1.807) is 18.5 Å². The zero-order valence-corrected chi connectivity index (χ0v) is 15.9. The number of halogens is 3. The van der Waals surface area contributed by atoms with Crippen LogP contribution in [0.1, 0.15) is 17.5 Å². The topological polar surface area (TPSA) is 42.4 Å². The Hall–Kier alpha value is -3.35. The second-order valence-corrected chi connectivity index (χ2v) is 7.48. The summed E-state index contributed by atoms with van der Waals surface area (Å²) in [5.41, 5.74) is 6.53. The van der Waals surface area contributed by atoms with Crippen molar-refractivity contribution in [2.24, 2.45) is 0 Å². The van der Waals surface area contributed by atoms with Gasteiger partial charge in [0.05, 0.1) is 5.69 Å². The number of ether oxygens (including phenoxy) is 1. The van der Waals surface area contributed by atoms with Gasteiger partial charge in [-0.2, -0.15) is 0 Å². The van der Waals surface area contributed by atoms with Crippen LogP contribution in [0.3, 0.4) is 0 Å². The molecule has 1 aromatic heterocycles. The highest BCUT2D eigenvalue weighted by Crippen LogP contribution is 2.40. The molecule has 2 aliphatic heterocycles. The first-order valence-electron chi connectivity index (χ1n) is 9.65. The number of hydrogen-bond acceptors (Lipinski definition) is 3. The van der Waals surface area contributed by atoms with Gasteiger partial charge in [-0.3, -0.25) is 9.78 Å². The van der Waals surface area contributed by atoms with Crippen molar-refractivity contribution in [1.82, 2.24) is 4.98 Å². The Bertz CT molecular complexity index is 1160. The number of hydrogen-bond donors (Lipinski definition) is 0. The minimum atomic E-state index is -4.74. The van der Waals surface area contributed by atoms with Gasteiger partial charge in [-0.25, -0.2) is 0 Å². The molecule has 0 saturated heterocycles. The lowest BCUT2D eigenvalue weighted by Crippen LogP contribution is -2.32. The van der Waals surface area contributed by atoms with E-state index in [0.29, 0.717) is 17.5 Å². The van der Waals surface area contributed by atoms with Crippen molar-refractivity contribution < 1.29 is 22.7 Å². The van der Waals surface area contributed by atoms with E-state index in [9.17, 15) is 18.0 Å². The zero-order valence-electron chi connectivity index (χ0n) is 15.9. The van der Waals surface area contributed by atoms with Gasteiger partial charge in [0.2, 0.25) is 5.91 Å². The molecular formula is C23H17F3N2O2. The molecule has 3 heterocycles. The van der Waals surface area contributed by atoms with Gasteiger partial charge in [-0.1, -0.05) is 12.1 Å². The van der Waals surface area contributed by atoms with E-state index in [2.05, 4.69) is 21.9 Å². The Morgan fingerprint density at radius 3 is 2.37 bits per heavy atom. The number of anilines is 1. The third-order valence-corrected chi connectivity index (χ3v) is 5.52. The maximum atomic E-state index is 12.5. The fourth-order valence-electron chi connectivity index (χ4n) is 4.25. The van der Waals surface area contributed by atoms with E-state index in [0.717, 1.165) is 47.3 Å². The predicted octanol–water partition coefficient (Wildman–Crippen LogP) is 5.15. The molecule has 0 radical (unpaired) electrons. The molecule has 5 rings (SSSR count). The number of benzene rings is 2. The van der Waals surface area contributed by atoms with Gasteiger partial charge in [0.15, 0.2) is 0 Å². The van der Waals surface area contributed by atoms with Crippen molar-refractivity contribution in [3.8, 4) is 28.0 Å². The van der Waals surface area contributed by atoms with Gasteiger partial charge in [0, 0.05) is 36.5 Å². The SMILES string of the molecule is O=C1CCc2cc(-c3cncc(-c4cccc(OC(F)(F)F)c4)c3)cc3c2N1CC3. The fraction of sp³-hybridized carbons (Fsp3) is 0.217. The number of carbonyl (C=O) groups is 1. The number of pyridine rings is 1. The van der Waals surface area contributed by atoms with Crippen LogP contribution in [0.15, 0.2) is 54.9 Å². The normalized spacial score (nSPS) is 15.3. The molecule has 152 valence electrons. The summed E-state index contributed by atoms with van der Waals surface area (Å²) in [4.78, 5) is 18.3. The van der Waals surface area contributed by atoms with Crippen LogP contribution < -0.4 is 9.64 Å². The van der Waals surface area contributed by atoms with Gasteiger partial charge < -0.3 is 9.64 Å². The summed E-state index contributed by atoms with van der Waals surface area (Å²) < 4.78 is 41.6. The summed E-state index contributed by atoms with van der Waals surface area (Å²) in [5.74, 6) is -0.0873. The molecule has 1 amide bonds. The van der Waals surface area contributed by atoms with E-state index in [-0.39, 0.29) is 11.7 Å². The summed E-state index contributed by atoms with van der Waals surface area (Å²) in [6, 6.07) is 12.0. The number of alkyl halides is 3. The number of amides is 1. The Balaban J connectivity index is 1.51. The van der Waals surface area contributed by atoms with E-state index in [1.165, 1.54) is 18.2 Å². The standard InChI is InChI=1S/C23H17F3N2O2/c24-23(25,26)30-20-3-1-2-14(11-20)18-10-19(13-27-12-18)17-8-15-4-5-21(29)28-7-6-16(9-17)22(15)28/h1-3,8-13H,4-7H2. The average molecular weight is 410 g/mol. The van der Waals surface area contributed by atoms with E-state index < -0.39 is 6.36 Å². The molecule has 2 aromatic carbocycles. The number of carbonyl (C=O) groups excluding carboxylic acids is 1. The first-order chi connectivity index (χ1) is 14.4. The summed E-state index contributed by atoms with van der Waals surface area (Å²) in [6.45, 7) is 0.717. The molecule has 0 bridgehead atoms. The molecule has 0 saturated carbocycles. The van der Waals surface area contributed by atoms with Crippen LogP contribution in [-0.2, 0) is 17.6 Å². The molecule has 0 N–H and O–H groups in total. The first kappa shape index (κ1) is 18.7. The largest absolute Gasteiger partial charge is 0.573 e. The van der Waals surface area contributed by atoms with Gasteiger partial charge >= 0.3 is 6.36 Å². The average Bonchev–Trinajstić information content (AvgIpc) is 3.15. The van der Waals surface area contributed by atoms with Crippen molar-refractivity contribution in [1.29, 1.82) is 0 Å². The van der Waals surface area contributed by atoms with Gasteiger partial charge in [0.25, 0.3) is 0 Å². The lowest BCUT2D eigenvalue weighted by Gasteiger charge is -2.25. The maximum absolute atomic E-state index is 12.5. The third-order valence-electron chi connectivity index (χ3n) is 5.52. The predicted molar refractivity (Wildman–Crippen MR) is 106 cm³/mol. The molecule has 30 heavy (non-hydrogen) atoms. The monoisotopic (exact) mass is 410 g/mol. The third kappa shape index (κ3) is 3.40. The number of aromatic nitrogens is 1. The molecule has 0 unspecified atom stereocenters. The van der Waals surface area contributed by atoms with Crippen LogP contribution in [0.2, 0.25) is 0 Å². The zero-order chi connectivity index (χ0) is 20.9. The van der Waals surface area contributed by atoms with Crippen LogP contribution in [0.5, 0.6) is 5.75 Å². The van der Waals surface area contributed by atoms with Crippen LogP contribution in [0, 0.1) is 0 Å². The number of nitrogens with zero attached hydrogens (tertiary/aromatic N) is 2. The highest BCUT2D eigenvalue weighted by molar-refractivity contribution is 5.99. The minimum absolute atomic E-state index is 0.179. The number of rotatable bonds is 3. The van der Waals surface area contributed by atoms with Crippen LogP contribution >= 0.6 is 0 Å². The Morgan fingerprint density at radius 2 is 1.60 bits per heavy atom. The molecule has 2 aliphatic rings. The van der Waals surface area contributed by atoms with Crippen molar-refractivity contribution in [2.75, 3.05) is 11.4 Å². The van der Waals surface area contributed by atoms with Gasteiger partial charge in [-0.05, 0) is 65.4 Å². The summed E-state index contributed by atoms with van der Waals surface area (Å²) in [6.07, 6.45) is 0.685. The van der Waals surface area contributed by atoms with Crippen molar-refractivity contribution >= 4 is 11.6 Å². The fourth-order valence-corrected chi connectivity index (χ4v) is 4.25. The second kappa shape index (κ2) is 6.86. The minimum Gasteiger partial charge on any atom is -0.406 e. The summed E-state index contributed by atoms with van der Waals surface area (Å²) >= 11 is 0. The highest BCUT2D eigenvalue weighted by Gasteiger charge is 2.32. The number of aryl methyl sites for hydroxylation is 1. The molecule has 0 atom stereocenters. The summed E-state index contributed by atoms with van der Waals surface area (Å²) in [5, 5.41) is 0. The van der Waals surface area contributed by atoms with Crippen molar-refractivity contribution in [2.45, 2.75) is 25.6 Å². The quantitative estimate of drug-likeness (QED) is 0.600. The van der Waals surface area contributed by atoms with E-state index >= 15 is 0 Å². The lowest BCUT2D eigenvalue weighted by molar-refractivity contribution is -0.274. The molecule has 0 aliphatic carbocycles. The highest BCUT2D eigenvalue weighted by atomic mass is 19.4. The van der Waals surface area contributed by atoms with Crippen molar-refractivity contribution in [3.05, 3.63) is 66.0 Å². The molecule has 3 aromatic rings. The van der Waals surface area contributed by atoms with Gasteiger partial charge in [-0.15, -0.1) is 13.2 Å². The van der Waals surface area contributed by atoms with Crippen LogP contribution in [0.25, 0.3) is 22.3 Å². The second-order valence-electron chi connectivity index (χ2n) is 7.48.